The maximum Gasteiger partial charge on any atom is 0.236 e. The van der Waals surface area contributed by atoms with E-state index in [2.05, 4.69) is 17.1 Å². The van der Waals surface area contributed by atoms with Crippen LogP contribution in [0.4, 0.5) is 0 Å². The quantitative estimate of drug-likeness (QED) is 0.725. The second-order valence-corrected chi connectivity index (χ2v) is 4.62. The number of hydrogen-bond donors (Lipinski definition) is 1. The molecular formula is C11H23N3O. The first-order valence-corrected chi connectivity index (χ1v) is 5.72. The van der Waals surface area contributed by atoms with Gasteiger partial charge in [0.15, 0.2) is 0 Å². The van der Waals surface area contributed by atoms with Crippen LogP contribution in [0.15, 0.2) is 0 Å². The van der Waals surface area contributed by atoms with Crippen molar-refractivity contribution in [2.45, 2.75) is 32.9 Å². The van der Waals surface area contributed by atoms with Gasteiger partial charge in [0, 0.05) is 38.8 Å². The Hall–Kier alpha value is -0.610. The van der Waals surface area contributed by atoms with Crippen LogP contribution in [0.5, 0.6) is 0 Å². The van der Waals surface area contributed by atoms with Gasteiger partial charge in [0.2, 0.25) is 5.91 Å². The molecule has 0 radical (unpaired) electrons. The molecule has 4 heteroatoms. The van der Waals surface area contributed by atoms with Crippen LogP contribution in [0.25, 0.3) is 0 Å². The van der Waals surface area contributed by atoms with E-state index < -0.39 is 0 Å². The van der Waals surface area contributed by atoms with Crippen LogP contribution >= 0.6 is 0 Å². The van der Waals surface area contributed by atoms with Gasteiger partial charge in [-0.25, -0.2) is 0 Å². The third-order valence-corrected chi connectivity index (χ3v) is 3.15. The summed E-state index contributed by atoms with van der Waals surface area (Å²) in [5.74, 6) is 0.221. The van der Waals surface area contributed by atoms with Crippen LogP contribution in [-0.2, 0) is 4.79 Å². The minimum atomic E-state index is 0.221. The van der Waals surface area contributed by atoms with Crippen molar-refractivity contribution in [2.75, 3.05) is 33.2 Å². The van der Waals surface area contributed by atoms with Crippen molar-refractivity contribution < 1.29 is 4.79 Å². The summed E-state index contributed by atoms with van der Waals surface area (Å²) in [6.45, 7) is 9.74. The molecular weight excluding hydrogens is 190 g/mol. The van der Waals surface area contributed by atoms with Gasteiger partial charge in [0.05, 0.1) is 6.54 Å². The van der Waals surface area contributed by atoms with E-state index in [-0.39, 0.29) is 11.9 Å². The first-order valence-electron chi connectivity index (χ1n) is 5.72. The Balaban J connectivity index is 2.42. The molecule has 0 aromatic rings. The molecule has 1 aliphatic rings. The predicted octanol–water partition coefficient (Wildman–Crippen LogP) is 0.147. The molecule has 1 atom stereocenters. The summed E-state index contributed by atoms with van der Waals surface area (Å²) in [6, 6.07) is 0.749. The van der Waals surface area contributed by atoms with Gasteiger partial charge in [-0.2, -0.15) is 0 Å². The SMILES string of the molecule is CC1CNCCN1CC(=O)N(C)C(C)C. The number of nitrogens with one attached hydrogen (secondary N) is 1. The molecule has 1 rings (SSSR count). The third-order valence-electron chi connectivity index (χ3n) is 3.15. The zero-order valence-corrected chi connectivity index (χ0v) is 10.3. The zero-order chi connectivity index (χ0) is 11.4. The van der Waals surface area contributed by atoms with Crippen molar-refractivity contribution in [3.05, 3.63) is 0 Å². The molecule has 0 saturated carbocycles. The van der Waals surface area contributed by atoms with Gasteiger partial charge in [-0.05, 0) is 20.8 Å². The Morgan fingerprint density at radius 3 is 2.80 bits per heavy atom. The van der Waals surface area contributed by atoms with E-state index in [0.29, 0.717) is 12.6 Å². The normalized spacial score (nSPS) is 23.1. The maximum absolute atomic E-state index is 11.9. The van der Waals surface area contributed by atoms with Crippen LogP contribution in [0.1, 0.15) is 20.8 Å². The van der Waals surface area contributed by atoms with Gasteiger partial charge in [0.1, 0.15) is 0 Å². The lowest BCUT2D eigenvalue weighted by Crippen LogP contribution is -2.53. The molecule has 1 saturated heterocycles. The van der Waals surface area contributed by atoms with Crippen LogP contribution in [0.3, 0.4) is 0 Å². The van der Waals surface area contributed by atoms with E-state index in [1.54, 1.807) is 0 Å². The standard InChI is InChI=1S/C11H23N3O/c1-9(2)13(4)11(15)8-14-6-5-12-7-10(14)3/h9-10,12H,5-8H2,1-4H3. The van der Waals surface area contributed by atoms with Gasteiger partial charge in [-0.1, -0.05) is 0 Å². The monoisotopic (exact) mass is 213 g/mol. The van der Waals surface area contributed by atoms with E-state index in [4.69, 9.17) is 0 Å². The Bertz CT molecular complexity index is 218. The minimum absolute atomic E-state index is 0.221. The molecule has 1 fully saturated rings. The molecule has 88 valence electrons. The number of amides is 1. The molecule has 0 aromatic heterocycles. The Kier molecular flexibility index (Phi) is 4.54. The number of rotatable bonds is 3. The molecule has 0 aliphatic carbocycles. The largest absolute Gasteiger partial charge is 0.342 e. The molecule has 1 amide bonds. The Labute approximate surface area is 92.6 Å². The summed E-state index contributed by atoms with van der Waals surface area (Å²) in [4.78, 5) is 15.9. The zero-order valence-electron chi connectivity index (χ0n) is 10.3. The number of hydrogen-bond acceptors (Lipinski definition) is 3. The van der Waals surface area contributed by atoms with Crippen LogP contribution in [0.2, 0.25) is 0 Å². The summed E-state index contributed by atoms with van der Waals surface area (Å²) in [6.07, 6.45) is 0. The van der Waals surface area contributed by atoms with Crippen LogP contribution in [0, 0.1) is 0 Å². The fourth-order valence-corrected chi connectivity index (χ4v) is 1.69. The Morgan fingerprint density at radius 1 is 1.60 bits per heavy atom. The van der Waals surface area contributed by atoms with E-state index in [1.807, 2.05) is 25.8 Å². The van der Waals surface area contributed by atoms with Gasteiger partial charge >= 0.3 is 0 Å². The summed E-state index contributed by atoms with van der Waals surface area (Å²) in [5, 5.41) is 3.32. The molecule has 15 heavy (non-hydrogen) atoms. The lowest BCUT2D eigenvalue weighted by molar-refractivity contribution is -0.133. The number of likely N-dealkylation sites (N-methyl/N-ethyl adjacent to an activating group) is 1. The van der Waals surface area contributed by atoms with Crippen LogP contribution in [-0.4, -0.2) is 61.0 Å². The first-order chi connectivity index (χ1) is 7.02. The molecule has 4 nitrogen and oxygen atoms in total. The fourth-order valence-electron chi connectivity index (χ4n) is 1.69. The summed E-state index contributed by atoms with van der Waals surface area (Å²) >= 11 is 0. The highest BCUT2D eigenvalue weighted by Gasteiger charge is 2.22. The molecule has 1 aliphatic heterocycles. The van der Waals surface area contributed by atoms with Gasteiger partial charge in [-0.15, -0.1) is 0 Å². The van der Waals surface area contributed by atoms with Crippen molar-refractivity contribution in [1.29, 1.82) is 0 Å². The first kappa shape index (κ1) is 12.5. The highest BCUT2D eigenvalue weighted by Crippen LogP contribution is 2.04. The lowest BCUT2D eigenvalue weighted by Gasteiger charge is -2.34. The van der Waals surface area contributed by atoms with Gasteiger partial charge in [0.25, 0.3) is 0 Å². The van der Waals surface area contributed by atoms with Gasteiger partial charge in [-0.3, -0.25) is 9.69 Å². The summed E-state index contributed by atoms with van der Waals surface area (Å²) < 4.78 is 0. The highest BCUT2D eigenvalue weighted by molar-refractivity contribution is 5.78. The van der Waals surface area contributed by atoms with E-state index >= 15 is 0 Å². The number of nitrogens with zero attached hydrogens (tertiary/aromatic N) is 2. The highest BCUT2D eigenvalue weighted by atomic mass is 16.2. The smallest absolute Gasteiger partial charge is 0.236 e. The average molecular weight is 213 g/mol. The van der Waals surface area contributed by atoms with Crippen molar-refractivity contribution in [3.63, 3.8) is 0 Å². The third kappa shape index (κ3) is 3.47. The second kappa shape index (κ2) is 5.47. The molecule has 1 N–H and O–H groups in total. The summed E-state index contributed by atoms with van der Waals surface area (Å²) in [7, 11) is 1.87. The molecule has 1 unspecified atom stereocenters. The van der Waals surface area contributed by atoms with Crippen molar-refractivity contribution >= 4 is 5.91 Å². The number of carbonyl (C=O) groups excluding carboxylic acids is 1. The topological polar surface area (TPSA) is 35.6 Å². The predicted molar refractivity (Wildman–Crippen MR) is 61.8 cm³/mol. The Morgan fingerprint density at radius 2 is 2.27 bits per heavy atom. The maximum atomic E-state index is 11.9. The minimum Gasteiger partial charge on any atom is -0.342 e. The van der Waals surface area contributed by atoms with Crippen molar-refractivity contribution in [2.24, 2.45) is 0 Å². The van der Waals surface area contributed by atoms with Crippen molar-refractivity contribution in [1.82, 2.24) is 15.1 Å². The molecule has 1 heterocycles. The van der Waals surface area contributed by atoms with E-state index in [9.17, 15) is 4.79 Å². The van der Waals surface area contributed by atoms with Crippen LogP contribution < -0.4 is 5.32 Å². The summed E-state index contributed by atoms with van der Waals surface area (Å²) in [5.41, 5.74) is 0. The van der Waals surface area contributed by atoms with E-state index in [1.165, 1.54) is 0 Å². The molecule has 0 aromatic carbocycles. The molecule has 0 spiro atoms. The fraction of sp³-hybridized carbons (Fsp3) is 0.909. The lowest BCUT2D eigenvalue weighted by atomic mass is 10.2. The average Bonchev–Trinajstić information content (AvgIpc) is 2.20. The number of carbonyl (C=O) groups is 1. The van der Waals surface area contributed by atoms with Gasteiger partial charge < -0.3 is 10.2 Å². The van der Waals surface area contributed by atoms with Crippen molar-refractivity contribution in [3.8, 4) is 0 Å². The molecule has 0 bridgehead atoms. The second-order valence-electron chi connectivity index (χ2n) is 4.62. The number of piperazine rings is 1. The van der Waals surface area contributed by atoms with E-state index in [0.717, 1.165) is 19.6 Å².